The summed E-state index contributed by atoms with van der Waals surface area (Å²) in [6.45, 7) is 9.98. The fourth-order valence-electron chi connectivity index (χ4n) is 2.89. The molecule has 0 bridgehead atoms. The first-order valence-electron chi connectivity index (χ1n) is 7.59. The predicted molar refractivity (Wildman–Crippen MR) is 80.5 cm³/mol. The maximum absolute atomic E-state index is 5.81. The Labute approximate surface area is 117 Å². The van der Waals surface area contributed by atoms with Crippen LogP contribution in [0.3, 0.4) is 0 Å². The van der Waals surface area contributed by atoms with E-state index in [9.17, 15) is 0 Å². The van der Waals surface area contributed by atoms with E-state index < -0.39 is 0 Å². The van der Waals surface area contributed by atoms with Gasteiger partial charge in [0.05, 0.1) is 6.61 Å². The summed E-state index contributed by atoms with van der Waals surface area (Å²) < 4.78 is 5.81. The molecule has 2 nitrogen and oxygen atoms in total. The number of nitrogens with one attached hydrogen (secondary N) is 1. The fraction of sp³-hybridized carbons (Fsp3) is 0.647. The van der Waals surface area contributed by atoms with Crippen molar-refractivity contribution < 1.29 is 4.74 Å². The molecule has 0 saturated carbocycles. The van der Waals surface area contributed by atoms with Crippen LogP contribution in [0.15, 0.2) is 24.3 Å². The predicted octanol–water partition coefficient (Wildman–Crippen LogP) is 4.17. The largest absolute Gasteiger partial charge is 0.493 e. The quantitative estimate of drug-likeness (QED) is 0.859. The molecule has 0 aliphatic carbocycles. The lowest BCUT2D eigenvalue weighted by atomic mass is 9.90. The van der Waals surface area contributed by atoms with Crippen molar-refractivity contribution in [2.45, 2.75) is 52.6 Å². The molecule has 1 aliphatic heterocycles. The molecule has 2 rings (SSSR count). The van der Waals surface area contributed by atoms with Crippen molar-refractivity contribution in [2.24, 2.45) is 11.8 Å². The third-order valence-corrected chi connectivity index (χ3v) is 4.24. The summed E-state index contributed by atoms with van der Waals surface area (Å²) in [4.78, 5) is 0. The lowest BCUT2D eigenvalue weighted by Gasteiger charge is -2.34. The van der Waals surface area contributed by atoms with Gasteiger partial charge in [0, 0.05) is 23.6 Å². The van der Waals surface area contributed by atoms with Crippen LogP contribution in [-0.4, -0.2) is 12.6 Å². The lowest BCUT2D eigenvalue weighted by molar-refractivity contribution is 0.178. The zero-order chi connectivity index (χ0) is 13.8. The first-order valence-corrected chi connectivity index (χ1v) is 7.59. The molecular weight excluding hydrogens is 234 g/mol. The van der Waals surface area contributed by atoms with Crippen LogP contribution in [0.4, 0.5) is 0 Å². The Hall–Kier alpha value is -1.02. The molecule has 0 fully saturated rings. The van der Waals surface area contributed by atoms with Crippen molar-refractivity contribution in [3.05, 3.63) is 29.8 Å². The van der Waals surface area contributed by atoms with E-state index in [-0.39, 0.29) is 0 Å². The molecule has 4 unspecified atom stereocenters. The van der Waals surface area contributed by atoms with E-state index in [0.717, 1.165) is 18.3 Å². The number of ether oxygens (including phenoxy) is 1. The number of para-hydroxylation sites is 1. The Bertz CT molecular complexity index is 404. The van der Waals surface area contributed by atoms with Gasteiger partial charge >= 0.3 is 0 Å². The summed E-state index contributed by atoms with van der Waals surface area (Å²) >= 11 is 0. The molecule has 1 aromatic carbocycles. The average molecular weight is 261 g/mol. The van der Waals surface area contributed by atoms with E-state index in [1.54, 1.807) is 0 Å². The van der Waals surface area contributed by atoms with Crippen LogP contribution in [0, 0.1) is 11.8 Å². The Morgan fingerprint density at radius 2 is 2.05 bits per heavy atom. The monoisotopic (exact) mass is 261 g/mol. The Morgan fingerprint density at radius 3 is 2.79 bits per heavy atom. The van der Waals surface area contributed by atoms with E-state index in [1.807, 2.05) is 0 Å². The minimum Gasteiger partial charge on any atom is -0.493 e. The van der Waals surface area contributed by atoms with Crippen LogP contribution in [0.1, 0.15) is 52.1 Å². The summed E-state index contributed by atoms with van der Waals surface area (Å²) in [6, 6.07) is 9.40. The highest BCUT2D eigenvalue weighted by Gasteiger charge is 2.28. The highest BCUT2D eigenvalue weighted by Crippen LogP contribution is 2.35. The molecule has 0 amide bonds. The van der Waals surface area contributed by atoms with E-state index in [2.05, 4.69) is 57.3 Å². The van der Waals surface area contributed by atoms with E-state index >= 15 is 0 Å². The van der Waals surface area contributed by atoms with Crippen LogP contribution in [0.5, 0.6) is 5.75 Å². The van der Waals surface area contributed by atoms with Gasteiger partial charge in [0.2, 0.25) is 0 Å². The standard InChI is InChI=1S/C17H27NO/c1-5-12(2)10-14(4)18-17-13(3)11-19-16-9-7-6-8-15(16)17/h6-9,12-14,17-18H,5,10-11H2,1-4H3. The second-order valence-electron chi connectivity index (χ2n) is 6.12. The van der Waals surface area contributed by atoms with E-state index in [1.165, 1.54) is 18.4 Å². The van der Waals surface area contributed by atoms with Gasteiger partial charge in [-0.2, -0.15) is 0 Å². The zero-order valence-corrected chi connectivity index (χ0v) is 12.6. The molecule has 4 atom stereocenters. The second-order valence-corrected chi connectivity index (χ2v) is 6.12. The Kier molecular flexibility index (Phi) is 4.87. The molecule has 19 heavy (non-hydrogen) atoms. The van der Waals surface area contributed by atoms with Crippen LogP contribution in [-0.2, 0) is 0 Å². The Balaban J connectivity index is 2.06. The average Bonchev–Trinajstić information content (AvgIpc) is 2.42. The molecule has 0 radical (unpaired) electrons. The normalized spacial score (nSPS) is 25.3. The van der Waals surface area contributed by atoms with Crippen molar-refractivity contribution in [3.8, 4) is 5.75 Å². The van der Waals surface area contributed by atoms with Gasteiger partial charge in [0.15, 0.2) is 0 Å². The maximum Gasteiger partial charge on any atom is 0.124 e. The summed E-state index contributed by atoms with van der Waals surface area (Å²) in [5.74, 6) is 2.36. The van der Waals surface area contributed by atoms with Crippen LogP contribution < -0.4 is 10.1 Å². The molecule has 1 aliphatic rings. The van der Waals surface area contributed by atoms with E-state index in [0.29, 0.717) is 18.0 Å². The fourth-order valence-corrected chi connectivity index (χ4v) is 2.89. The van der Waals surface area contributed by atoms with Crippen LogP contribution >= 0.6 is 0 Å². The van der Waals surface area contributed by atoms with Crippen molar-refractivity contribution in [2.75, 3.05) is 6.61 Å². The van der Waals surface area contributed by atoms with Gasteiger partial charge in [-0.3, -0.25) is 0 Å². The molecule has 1 heterocycles. The molecule has 0 spiro atoms. The van der Waals surface area contributed by atoms with Gasteiger partial charge in [-0.1, -0.05) is 45.4 Å². The summed E-state index contributed by atoms with van der Waals surface area (Å²) in [5, 5.41) is 3.81. The summed E-state index contributed by atoms with van der Waals surface area (Å²) in [5.41, 5.74) is 1.32. The van der Waals surface area contributed by atoms with Gasteiger partial charge in [0.1, 0.15) is 5.75 Å². The molecule has 0 saturated heterocycles. The first kappa shape index (κ1) is 14.4. The molecule has 2 heteroatoms. The van der Waals surface area contributed by atoms with Gasteiger partial charge in [0.25, 0.3) is 0 Å². The van der Waals surface area contributed by atoms with Crippen LogP contribution in [0.2, 0.25) is 0 Å². The van der Waals surface area contributed by atoms with Gasteiger partial charge in [-0.05, 0) is 25.3 Å². The smallest absolute Gasteiger partial charge is 0.124 e. The van der Waals surface area contributed by atoms with E-state index in [4.69, 9.17) is 4.74 Å². The molecule has 1 N–H and O–H groups in total. The highest BCUT2D eigenvalue weighted by molar-refractivity contribution is 5.38. The third-order valence-electron chi connectivity index (χ3n) is 4.24. The Morgan fingerprint density at radius 1 is 1.32 bits per heavy atom. The molecular formula is C17H27NO. The van der Waals surface area contributed by atoms with Gasteiger partial charge in [-0.25, -0.2) is 0 Å². The molecule has 106 valence electrons. The number of fused-ring (bicyclic) bond motifs is 1. The van der Waals surface area contributed by atoms with Crippen molar-refractivity contribution >= 4 is 0 Å². The number of rotatable bonds is 5. The van der Waals surface area contributed by atoms with Crippen LogP contribution in [0.25, 0.3) is 0 Å². The SMILES string of the molecule is CCC(C)CC(C)NC1c2ccccc2OCC1C. The molecule has 1 aromatic rings. The van der Waals surface area contributed by atoms with Gasteiger partial charge < -0.3 is 10.1 Å². The summed E-state index contributed by atoms with van der Waals surface area (Å²) in [7, 11) is 0. The number of benzene rings is 1. The highest BCUT2D eigenvalue weighted by atomic mass is 16.5. The van der Waals surface area contributed by atoms with Gasteiger partial charge in [-0.15, -0.1) is 0 Å². The molecule has 0 aromatic heterocycles. The zero-order valence-electron chi connectivity index (χ0n) is 12.6. The van der Waals surface area contributed by atoms with Crippen molar-refractivity contribution in [1.82, 2.24) is 5.32 Å². The second kappa shape index (κ2) is 6.42. The first-order chi connectivity index (χ1) is 9.11. The third kappa shape index (κ3) is 3.50. The maximum atomic E-state index is 5.81. The topological polar surface area (TPSA) is 21.3 Å². The summed E-state index contributed by atoms with van der Waals surface area (Å²) in [6.07, 6.45) is 2.49. The minimum atomic E-state index is 0.420. The minimum absolute atomic E-state index is 0.420. The van der Waals surface area contributed by atoms with Crippen molar-refractivity contribution in [1.29, 1.82) is 0 Å². The van der Waals surface area contributed by atoms with Crippen molar-refractivity contribution in [3.63, 3.8) is 0 Å². The number of hydrogen-bond donors (Lipinski definition) is 1. The lowest BCUT2D eigenvalue weighted by Crippen LogP contribution is -2.39. The number of hydrogen-bond acceptors (Lipinski definition) is 2.